The van der Waals surface area contributed by atoms with Gasteiger partial charge in [-0.2, -0.15) is 9.29 Å². The topological polar surface area (TPSA) is 78.9 Å². The van der Waals surface area contributed by atoms with Gasteiger partial charge in [-0.3, -0.25) is 0 Å². The molecule has 8 nitrogen and oxygen atoms in total. The van der Waals surface area contributed by atoms with Crippen LogP contribution in [0.25, 0.3) is 0 Å². The molecule has 0 radical (unpaired) electrons. The summed E-state index contributed by atoms with van der Waals surface area (Å²) < 4.78 is 45.4. The molecule has 4 rings (SSSR count). The summed E-state index contributed by atoms with van der Waals surface area (Å²) in [5.74, 6) is 1.00. The van der Waals surface area contributed by atoms with Crippen molar-refractivity contribution in [2.45, 2.75) is 4.90 Å². The van der Waals surface area contributed by atoms with E-state index < -0.39 is 15.8 Å². The van der Waals surface area contributed by atoms with Gasteiger partial charge < -0.3 is 14.5 Å². The van der Waals surface area contributed by atoms with Crippen LogP contribution in [0.15, 0.2) is 41.4 Å². The van der Waals surface area contributed by atoms with Crippen LogP contribution in [0.5, 0.6) is 0 Å². The van der Waals surface area contributed by atoms with E-state index in [-0.39, 0.29) is 4.90 Å². The highest BCUT2D eigenvalue weighted by Crippen LogP contribution is 2.21. The van der Waals surface area contributed by atoms with E-state index in [0.29, 0.717) is 45.3 Å². The Morgan fingerprint density at radius 3 is 2.25 bits per heavy atom. The van der Waals surface area contributed by atoms with Crippen molar-refractivity contribution < 1.29 is 17.5 Å². The van der Waals surface area contributed by atoms with E-state index in [1.807, 2.05) is 6.07 Å². The summed E-state index contributed by atoms with van der Waals surface area (Å²) in [6.07, 6.45) is 1.73. The number of ether oxygens (including phenoxy) is 1. The SMILES string of the molecule is O=S(=O)(c1ccc(F)cc1)N1CCN(c2ccnc(N3CCOCC3)n2)CC1. The fraction of sp³-hybridized carbons (Fsp3) is 0.444. The van der Waals surface area contributed by atoms with Gasteiger partial charge in [-0.05, 0) is 30.3 Å². The van der Waals surface area contributed by atoms with Gasteiger partial charge in [0.25, 0.3) is 0 Å². The number of halogens is 1. The van der Waals surface area contributed by atoms with Crippen LogP contribution >= 0.6 is 0 Å². The van der Waals surface area contributed by atoms with Crippen molar-refractivity contribution in [1.29, 1.82) is 0 Å². The second-order valence-corrected chi connectivity index (χ2v) is 8.60. The van der Waals surface area contributed by atoms with Gasteiger partial charge in [0.2, 0.25) is 16.0 Å². The molecule has 0 spiro atoms. The smallest absolute Gasteiger partial charge is 0.243 e. The number of nitrogens with zero attached hydrogens (tertiary/aromatic N) is 5. The molecule has 2 fully saturated rings. The first-order chi connectivity index (χ1) is 13.5. The summed E-state index contributed by atoms with van der Waals surface area (Å²) in [5.41, 5.74) is 0. The summed E-state index contributed by atoms with van der Waals surface area (Å²) >= 11 is 0. The number of anilines is 2. The third-order valence-corrected chi connectivity index (χ3v) is 6.85. The van der Waals surface area contributed by atoms with E-state index in [1.54, 1.807) is 6.20 Å². The van der Waals surface area contributed by atoms with Gasteiger partial charge in [-0.15, -0.1) is 0 Å². The summed E-state index contributed by atoms with van der Waals surface area (Å²) in [7, 11) is -3.62. The third-order valence-electron chi connectivity index (χ3n) is 4.94. The lowest BCUT2D eigenvalue weighted by Gasteiger charge is -2.35. The molecular formula is C18H22FN5O3S. The second kappa shape index (κ2) is 7.98. The van der Waals surface area contributed by atoms with Crippen LogP contribution in [0.4, 0.5) is 16.2 Å². The molecule has 1 aromatic carbocycles. The lowest BCUT2D eigenvalue weighted by molar-refractivity contribution is 0.122. The molecule has 2 saturated heterocycles. The Balaban J connectivity index is 1.43. The predicted octanol–water partition coefficient (Wildman–Crippen LogP) is 0.963. The van der Waals surface area contributed by atoms with E-state index in [4.69, 9.17) is 4.74 Å². The zero-order valence-corrected chi connectivity index (χ0v) is 16.2. The number of rotatable bonds is 4. The lowest BCUT2D eigenvalue weighted by Crippen LogP contribution is -2.49. The minimum absolute atomic E-state index is 0.110. The van der Waals surface area contributed by atoms with Gasteiger partial charge >= 0.3 is 0 Å². The molecule has 2 aromatic rings. The maximum Gasteiger partial charge on any atom is 0.243 e. The minimum Gasteiger partial charge on any atom is -0.378 e. The Morgan fingerprint density at radius 2 is 1.57 bits per heavy atom. The number of morpholine rings is 1. The molecule has 0 aliphatic carbocycles. The van der Waals surface area contributed by atoms with E-state index in [1.165, 1.54) is 16.4 Å². The summed E-state index contributed by atoms with van der Waals surface area (Å²) in [6, 6.07) is 6.77. The zero-order valence-electron chi connectivity index (χ0n) is 15.4. The first-order valence-corrected chi connectivity index (χ1v) is 10.6. The average molecular weight is 407 g/mol. The molecular weight excluding hydrogens is 385 g/mol. The lowest BCUT2D eigenvalue weighted by atomic mass is 10.3. The quantitative estimate of drug-likeness (QED) is 0.747. The molecule has 0 unspecified atom stereocenters. The Kier molecular flexibility index (Phi) is 5.42. The van der Waals surface area contributed by atoms with Gasteiger partial charge in [0.05, 0.1) is 18.1 Å². The number of benzene rings is 1. The molecule has 10 heteroatoms. The van der Waals surface area contributed by atoms with Gasteiger partial charge in [0.15, 0.2) is 0 Å². The highest BCUT2D eigenvalue weighted by molar-refractivity contribution is 7.89. The van der Waals surface area contributed by atoms with Crippen molar-refractivity contribution in [2.75, 3.05) is 62.3 Å². The number of aromatic nitrogens is 2. The molecule has 0 amide bonds. The molecule has 1 aromatic heterocycles. The van der Waals surface area contributed by atoms with Gasteiger partial charge in [-0.25, -0.2) is 17.8 Å². The van der Waals surface area contributed by atoms with Crippen molar-refractivity contribution in [2.24, 2.45) is 0 Å². The molecule has 28 heavy (non-hydrogen) atoms. The van der Waals surface area contributed by atoms with Crippen molar-refractivity contribution in [3.05, 3.63) is 42.3 Å². The predicted molar refractivity (Wildman–Crippen MR) is 102 cm³/mol. The molecule has 0 N–H and O–H groups in total. The largest absolute Gasteiger partial charge is 0.378 e. The summed E-state index contributed by atoms with van der Waals surface area (Å²) in [5, 5.41) is 0. The molecule has 0 atom stereocenters. The highest BCUT2D eigenvalue weighted by atomic mass is 32.2. The van der Waals surface area contributed by atoms with E-state index in [2.05, 4.69) is 19.8 Å². The van der Waals surface area contributed by atoms with Crippen LogP contribution in [0.1, 0.15) is 0 Å². The first kappa shape index (κ1) is 19.0. The Bertz CT molecular complexity index is 911. The van der Waals surface area contributed by atoms with Crippen LogP contribution in [0, 0.1) is 5.82 Å². The van der Waals surface area contributed by atoms with Crippen molar-refractivity contribution in [3.8, 4) is 0 Å². The molecule has 2 aliphatic rings. The Hall–Kier alpha value is -2.30. The first-order valence-electron chi connectivity index (χ1n) is 9.20. The summed E-state index contributed by atoms with van der Waals surface area (Å²) in [4.78, 5) is 13.3. The number of piperazine rings is 1. The van der Waals surface area contributed by atoms with Gasteiger partial charge in [0, 0.05) is 45.5 Å². The standard InChI is InChI=1S/C18H22FN5O3S/c19-15-1-3-16(4-2-15)28(25,26)24-9-7-22(8-10-24)17-5-6-20-18(21-17)23-11-13-27-14-12-23/h1-6H,7-14H2. The van der Waals surface area contributed by atoms with Crippen LogP contribution in [-0.2, 0) is 14.8 Å². The maximum absolute atomic E-state index is 13.1. The van der Waals surface area contributed by atoms with E-state index in [0.717, 1.165) is 31.0 Å². The van der Waals surface area contributed by atoms with Crippen molar-refractivity contribution >= 4 is 21.8 Å². The zero-order chi connectivity index (χ0) is 19.6. The van der Waals surface area contributed by atoms with E-state index in [9.17, 15) is 12.8 Å². The molecule has 3 heterocycles. The van der Waals surface area contributed by atoms with Crippen LogP contribution in [-0.4, -0.2) is 75.2 Å². The summed E-state index contributed by atoms with van der Waals surface area (Å²) in [6.45, 7) is 4.58. The van der Waals surface area contributed by atoms with Crippen molar-refractivity contribution in [1.82, 2.24) is 14.3 Å². The number of hydrogen-bond acceptors (Lipinski definition) is 7. The second-order valence-electron chi connectivity index (χ2n) is 6.66. The number of sulfonamides is 1. The Morgan fingerprint density at radius 1 is 0.893 bits per heavy atom. The minimum atomic E-state index is -3.62. The fourth-order valence-corrected chi connectivity index (χ4v) is 4.77. The van der Waals surface area contributed by atoms with Gasteiger partial charge in [0.1, 0.15) is 11.6 Å². The van der Waals surface area contributed by atoms with Crippen LogP contribution in [0.2, 0.25) is 0 Å². The fourth-order valence-electron chi connectivity index (χ4n) is 3.34. The maximum atomic E-state index is 13.1. The van der Waals surface area contributed by atoms with Gasteiger partial charge in [-0.1, -0.05) is 0 Å². The molecule has 2 aliphatic heterocycles. The normalized spacial score (nSPS) is 19.0. The molecule has 150 valence electrons. The Labute approximate surface area is 163 Å². The van der Waals surface area contributed by atoms with Crippen LogP contribution < -0.4 is 9.80 Å². The monoisotopic (exact) mass is 407 g/mol. The van der Waals surface area contributed by atoms with Crippen molar-refractivity contribution in [3.63, 3.8) is 0 Å². The third kappa shape index (κ3) is 3.94. The van der Waals surface area contributed by atoms with Crippen LogP contribution in [0.3, 0.4) is 0 Å². The average Bonchev–Trinajstić information content (AvgIpc) is 2.75. The molecule has 0 saturated carbocycles. The molecule has 0 bridgehead atoms. The van der Waals surface area contributed by atoms with E-state index >= 15 is 0 Å². The number of hydrogen-bond donors (Lipinski definition) is 0. The highest BCUT2D eigenvalue weighted by Gasteiger charge is 2.29.